The topological polar surface area (TPSA) is 128 Å². The maximum absolute atomic E-state index is 12.2. The molecule has 0 aliphatic carbocycles. The van der Waals surface area contributed by atoms with Crippen LogP contribution < -0.4 is 15.5 Å². The minimum Gasteiger partial charge on any atom is -0.548 e. The third-order valence-electron chi connectivity index (χ3n) is 3.58. The summed E-state index contributed by atoms with van der Waals surface area (Å²) in [6, 6.07) is 16.1. The van der Waals surface area contributed by atoms with Gasteiger partial charge in [0, 0.05) is 0 Å². The molecule has 0 aromatic heterocycles. The number of carbonyl (C=O) groups is 2. The van der Waals surface area contributed by atoms with Gasteiger partial charge >= 0.3 is 6.09 Å². The van der Waals surface area contributed by atoms with Gasteiger partial charge in [0.05, 0.1) is 12.0 Å². The first-order valence-corrected chi connectivity index (χ1v) is 9.99. The first-order chi connectivity index (χ1) is 12.9. The van der Waals surface area contributed by atoms with Crippen LogP contribution in [-0.4, -0.2) is 29.3 Å². The van der Waals surface area contributed by atoms with Crippen molar-refractivity contribution in [2.75, 3.05) is 6.29 Å². The summed E-state index contributed by atoms with van der Waals surface area (Å²) in [7, 11) is -4.17. The van der Waals surface area contributed by atoms with Crippen molar-refractivity contribution in [3.8, 4) is 0 Å². The van der Waals surface area contributed by atoms with E-state index in [1.807, 2.05) is 6.07 Å². The Morgan fingerprint density at radius 2 is 1.59 bits per heavy atom. The second-order valence-electron chi connectivity index (χ2n) is 5.79. The van der Waals surface area contributed by atoms with Crippen LogP contribution in [0.4, 0.5) is 4.79 Å². The van der Waals surface area contributed by atoms with E-state index >= 15 is 0 Å². The Morgan fingerprint density at radius 3 is 2.15 bits per heavy atom. The second-order valence-corrected chi connectivity index (χ2v) is 7.77. The highest BCUT2D eigenvalue weighted by Gasteiger charge is 2.25. The zero-order valence-electron chi connectivity index (χ0n) is 14.4. The van der Waals surface area contributed by atoms with Crippen LogP contribution in [0.3, 0.4) is 0 Å². The van der Waals surface area contributed by atoms with E-state index in [1.165, 1.54) is 0 Å². The number of aliphatic carboxylic acids is 1. The van der Waals surface area contributed by atoms with E-state index < -0.39 is 31.9 Å². The lowest BCUT2D eigenvalue weighted by molar-refractivity contribution is -0.308. The van der Waals surface area contributed by atoms with Crippen LogP contribution in [0.15, 0.2) is 60.7 Å². The predicted molar refractivity (Wildman–Crippen MR) is 96.5 cm³/mol. The van der Waals surface area contributed by atoms with Crippen LogP contribution in [0.1, 0.15) is 11.1 Å². The van der Waals surface area contributed by atoms with Gasteiger partial charge in [-0.3, -0.25) is 4.57 Å². The largest absolute Gasteiger partial charge is 0.548 e. The second kappa shape index (κ2) is 9.87. The molecule has 0 heterocycles. The molecule has 144 valence electrons. The summed E-state index contributed by atoms with van der Waals surface area (Å²) in [5.41, 5.74) is 1.42. The molecular weight excluding hydrogens is 371 g/mol. The fourth-order valence-electron chi connectivity index (χ4n) is 2.27. The standard InChI is InChI=1S/C18H21N2O6P/c21-17(22)16(11-14-7-3-1-4-8-14)20-27(24,25)13-19-18(23)26-12-15-9-5-2-6-10-15/h1-10,16H,11-13H2,(H,19,23)(H,21,22)(H2,20,24,25)/p-1. The molecule has 0 fully saturated rings. The fourth-order valence-corrected chi connectivity index (χ4v) is 3.38. The number of hydrogen-bond acceptors (Lipinski definition) is 5. The molecule has 0 bridgehead atoms. The van der Waals surface area contributed by atoms with Crippen LogP contribution in [0.2, 0.25) is 0 Å². The van der Waals surface area contributed by atoms with Crippen LogP contribution in [0.25, 0.3) is 0 Å². The van der Waals surface area contributed by atoms with Crippen molar-refractivity contribution < 1.29 is 28.9 Å². The average molecular weight is 391 g/mol. The van der Waals surface area contributed by atoms with Gasteiger partial charge in [0.25, 0.3) is 7.52 Å². The molecule has 0 radical (unpaired) electrons. The third-order valence-corrected chi connectivity index (χ3v) is 4.88. The number of nitrogens with one attached hydrogen (secondary N) is 2. The molecule has 2 aromatic carbocycles. The van der Waals surface area contributed by atoms with Crippen molar-refractivity contribution in [1.29, 1.82) is 0 Å². The summed E-state index contributed by atoms with van der Waals surface area (Å²) in [5.74, 6) is -1.51. The van der Waals surface area contributed by atoms with Crippen LogP contribution >= 0.6 is 7.52 Å². The molecule has 9 heteroatoms. The number of amides is 1. The zero-order chi connectivity index (χ0) is 19.7. The van der Waals surface area contributed by atoms with Crippen molar-refractivity contribution >= 4 is 19.6 Å². The van der Waals surface area contributed by atoms with Gasteiger partial charge in [-0.05, 0) is 17.5 Å². The number of hydrogen-bond donors (Lipinski definition) is 3. The van der Waals surface area contributed by atoms with Gasteiger partial charge in [0.15, 0.2) is 0 Å². The molecule has 2 unspecified atom stereocenters. The van der Waals surface area contributed by atoms with Gasteiger partial charge in [-0.25, -0.2) is 9.88 Å². The number of rotatable bonds is 9. The molecule has 2 atom stereocenters. The maximum Gasteiger partial charge on any atom is 0.407 e. The molecule has 2 rings (SSSR count). The van der Waals surface area contributed by atoms with E-state index in [9.17, 15) is 24.2 Å². The van der Waals surface area contributed by atoms with E-state index in [1.54, 1.807) is 54.6 Å². The smallest absolute Gasteiger partial charge is 0.407 e. The fraction of sp³-hybridized carbons (Fsp3) is 0.222. The van der Waals surface area contributed by atoms with Crippen molar-refractivity contribution in [1.82, 2.24) is 10.4 Å². The lowest BCUT2D eigenvalue weighted by Crippen LogP contribution is -2.46. The summed E-state index contributed by atoms with van der Waals surface area (Å²) in [6.07, 6.45) is -1.60. The summed E-state index contributed by atoms with van der Waals surface area (Å²) in [6.45, 7) is 0.00547. The van der Waals surface area contributed by atoms with E-state index in [0.29, 0.717) is 5.56 Å². The number of alkyl carbamates (subject to hydrolysis) is 1. The Labute approximate surface area is 156 Å². The molecule has 1 amide bonds. The molecule has 0 aliphatic rings. The highest BCUT2D eigenvalue weighted by Crippen LogP contribution is 2.34. The molecule has 27 heavy (non-hydrogen) atoms. The van der Waals surface area contributed by atoms with Gasteiger partial charge in [-0.2, -0.15) is 0 Å². The van der Waals surface area contributed by atoms with Crippen molar-refractivity contribution in [3.05, 3.63) is 71.8 Å². The van der Waals surface area contributed by atoms with Gasteiger partial charge in [0.2, 0.25) is 0 Å². The summed E-state index contributed by atoms with van der Waals surface area (Å²) in [4.78, 5) is 32.8. The molecule has 0 aliphatic heterocycles. The quantitative estimate of drug-likeness (QED) is 0.544. The van der Waals surface area contributed by atoms with Crippen molar-refractivity contribution in [2.45, 2.75) is 19.1 Å². The van der Waals surface area contributed by atoms with Crippen molar-refractivity contribution in [3.63, 3.8) is 0 Å². The monoisotopic (exact) mass is 391 g/mol. The molecule has 2 aromatic rings. The number of carboxylic acids is 1. The normalized spacial score (nSPS) is 14.0. The Bertz CT molecular complexity index is 800. The summed E-state index contributed by atoms with van der Waals surface area (Å²) >= 11 is 0. The van der Waals surface area contributed by atoms with Gasteiger partial charge in [-0.1, -0.05) is 60.7 Å². The summed E-state index contributed by atoms with van der Waals surface area (Å²) < 4.78 is 17.1. The lowest BCUT2D eigenvalue weighted by Gasteiger charge is -2.23. The van der Waals surface area contributed by atoms with Crippen LogP contribution in [0.5, 0.6) is 0 Å². The van der Waals surface area contributed by atoms with Gasteiger partial charge in [0.1, 0.15) is 12.9 Å². The number of benzene rings is 2. The number of ether oxygens (including phenoxy) is 1. The Hall–Kier alpha value is -2.67. The molecular formula is C18H20N2O6P-. The van der Waals surface area contributed by atoms with Gasteiger partial charge in [-0.15, -0.1) is 0 Å². The van der Waals surface area contributed by atoms with E-state index in [4.69, 9.17) is 4.74 Å². The lowest BCUT2D eigenvalue weighted by atomic mass is 10.1. The Kier molecular flexibility index (Phi) is 7.55. The molecule has 3 N–H and O–H groups in total. The minimum atomic E-state index is -4.17. The van der Waals surface area contributed by atoms with Crippen LogP contribution in [-0.2, 0) is 27.1 Å². The SMILES string of the molecule is O=C(NCP(=O)(O)NC(Cc1ccccc1)C(=O)[O-])OCc1ccccc1. The number of carboxylic acid groups (broad SMARTS) is 1. The van der Waals surface area contributed by atoms with E-state index in [0.717, 1.165) is 5.56 Å². The predicted octanol–water partition coefficient (Wildman–Crippen LogP) is 1.01. The molecule has 8 nitrogen and oxygen atoms in total. The van der Waals surface area contributed by atoms with E-state index in [-0.39, 0.29) is 13.0 Å². The summed E-state index contributed by atoms with van der Waals surface area (Å²) in [5, 5.41) is 15.6. The molecule has 0 spiro atoms. The molecule has 0 saturated carbocycles. The maximum atomic E-state index is 12.2. The third kappa shape index (κ3) is 7.62. The van der Waals surface area contributed by atoms with Crippen molar-refractivity contribution in [2.24, 2.45) is 0 Å². The number of carbonyl (C=O) groups excluding carboxylic acids is 2. The highest BCUT2D eigenvalue weighted by atomic mass is 31.2. The first kappa shape index (κ1) is 20.6. The van der Waals surface area contributed by atoms with Gasteiger partial charge < -0.3 is 24.8 Å². The van der Waals surface area contributed by atoms with Crippen LogP contribution in [0, 0.1) is 0 Å². The Balaban J connectivity index is 1.83. The average Bonchev–Trinajstić information content (AvgIpc) is 2.66. The minimum absolute atomic E-state index is 0.00547. The Morgan fingerprint density at radius 1 is 1.04 bits per heavy atom. The van der Waals surface area contributed by atoms with E-state index in [2.05, 4.69) is 10.4 Å². The first-order valence-electron chi connectivity index (χ1n) is 8.15. The highest BCUT2D eigenvalue weighted by molar-refractivity contribution is 7.55. The molecule has 0 saturated heterocycles. The zero-order valence-corrected chi connectivity index (χ0v) is 15.3.